The quantitative estimate of drug-likeness (QED) is 0.0253. The van der Waals surface area contributed by atoms with E-state index >= 15 is 19.2 Å². The Hall–Kier alpha value is -12.3. The first kappa shape index (κ1) is 82.4. The molecule has 3 heterocycles. The van der Waals surface area contributed by atoms with Crippen molar-refractivity contribution < 1.29 is 67.0 Å². The van der Waals surface area contributed by atoms with Crippen LogP contribution in [-0.4, -0.2) is 156 Å². The Labute approximate surface area is 630 Å². The summed E-state index contributed by atoms with van der Waals surface area (Å²) in [6.07, 6.45) is 1.47. The van der Waals surface area contributed by atoms with E-state index in [1.54, 1.807) is 62.5 Å². The van der Waals surface area contributed by atoms with Gasteiger partial charge in [-0.1, -0.05) is 62.4 Å². The molecule has 582 valence electrons. The number of ether oxygens (including phenoxy) is 2. The Kier molecular flexibility index (Phi) is 30.6. The first-order valence-corrected chi connectivity index (χ1v) is 36.5. The van der Waals surface area contributed by atoms with Gasteiger partial charge in [-0.05, 0) is 162 Å². The molecule has 109 heavy (non-hydrogen) atoms. The van der Waals surface area contributed by atoms with Crippen molar-refractivity contribution in [1.82, 2.24) is 63.5 Å². The monoisotopic (exact) mass is 1500 g/mol. The number of aromatic amines is 1. The van der Waals surface area contributed by atoms with E-state index in [2.05, 4.69) is 63.5 Å². The van der Waals surface area contributed by atoms with Crippen LogP contribution >= 0.6 is 0 Å². The number of benzene rings is 5. The third-order valence-electron chi connectivity index (χ3n) is 18.3. The number of nitrogen functional groups attached to an aromatic ring is 2. The molecule has 5 aromatic carbocycles. The molecule has 33 nitrogen and oxygen atoms in total. The molecule has 8 atom stereocenters. The molecule has 8 unspecified atom stereocenters. The van der Waals surface area contributed by atoms with Crippen LogP contribution in [-0.2, 0) is 56.0 Å². The molecule has 0 saturated heterocycles. The van der Waals surface area contributed by atoms with Gasteiger partial charge in [0.25, 0.3) is 17.7 Å². The number of hydrogen-bond acceptors (Lipinski definition) is 18. The van der Waals surface area contributed by atoms with Crippen LogP contribution in [0.3, 0.4) is 0 Å². The molecule has 0 saturated carbocycles. The number of hydrogen-bond donors (Lipinski definition) is 19. The van der Waals surface area contributed by atoms with Crippen LogP contribution < -0.4 is 102 Å². The minimum Gasteiger partial charge on any atom is -0.456 e. The van der Waals surface area contributed by atoms with Gasteiger partial charge in [-0.15, -0.1) is 0 Å². The Morgan fingerprint density at radius 3 is 1.64 bits per heavy atom. The predicted molar refractivity (Wildman–Crippen MR) is 407 cm³/mol. The second kappa shape index (κ2) is 40.4. The van der Waals surface area contributed by atoms with E-state index in [1.165, 1.54) is 54.6 Å². The van der Waals surface area contributed by atoms with Crippen LogP contribution in [0.1, 0.15) is 146 Å². The average Bonchev–Trinajstić information content (AvgIpc) is 1.54. The van der Waals surface area contributed by atoms with Crippen molar-refractivity contribution in [2.45, 2.75) is 165 Å². The zero-order chi connectivity index (χ0) is 78.7. The van der Waals surface area contributed by atoms with Gasteiger partial charge in [0.05, 0.1) is 11.1 Å². The van der Waals surface area contributed by atoms with Crippen LogP contribution in [0.15, 0.2) is 115 Å². The maximum Gasteiger partial charge on any atom is 0.255 e. The highest BCUT2D eigenvalue weighted by Gasteiger charge is 2.36. The highest BCUT2D eigenvalue weighted by Crippen LogP contribution is 2.35. The predicted octanol–water partition coefficient (Wildman–Crippen LogP) is 1.91. The molecule has 2 aliphatic rings. The lowest BCUT2D eigenvalue weighted by Gasteiger charge is -2.28. The summed E-state index contributed by atoms with van der Waals surface area (Å²) >= 11 is 0. The fourth-order valence-corrected chi connectivity index (χ4v) is 12.6. The summed E-state index contributed by atoms with van der Waals surface area (Å²) in [5, 5.41) is 39.0. The summed E-state index contributed by atoms with van der Waals surface area (Å²) in [5.41, 5.74) is 37.5. The van der Waals surface area contributed by atoms with Crippen LogP contribution in [0.2, 0.25) is 0 Å². The fraction of sp³-hybridized carbons (Fsp3) is 0.408. The van der Waals surface area contributed by atoms with Gasteiger partial charge in [-0.3, -0.25) is 62.9 Å². The number of unbranched alkanes of at least 4 members (excludes halogenated alkanes) is 1. The van der Waals surface area contributed by atoms with Crippen molar-refractivity contribution in [3.8, 4) is 23.0 Å². The molecule has 0 spiro atoms. The van der Waals surface area contributed by atoms with Gasteiger partial charge in [0, 0.05) is 79.0 Å². The third kappa shape index (κ3) is 25.2. The van der Waals surface area contributed by atoms with E-state index < -0.39 is 126 Å². The second-order valence-corrected chi connectivity index (χ2v) is 27.4. The number of amides is 12. The topological polar surface area (TPSA) is 551 Å². The summed E-state index contributed by atoms with van der Waals surface area (Å²) in [6.45, 7) is 3.72. The third-order valence-corrected chi connectivity index (χ3v) is 18.3. The minimum atomic E-state index is -1.59. The molecule has 12 amide bonds. The SMILES string of the molecule is CC(C)CC1NC(=O)C(CCC(N)=O)NC(=O)c2cc3cc(c2)Oc2ccc(N)cc2C(=O)NCCCCC(NC(=O)C(Cc2ccccc2)NC(=O)C(CCCCN)NC1=O)C(=O)NC(CCCNC(=N)N)C(=O)NC(Cc1c[nH]c2ccccc12)C(=O)NC(C(N)=O)CCCCNC(=O)c1cc(N)ccc1O3. The molecule has 0 radical (unpaired) electrons. The largest absolute Gasteiger partial charge is 0.456 e. The molecule has 8 rings (SSSR count). The lowest BCUT2D eigenvalue weighted by molar-refractivity contribution is -0.136. The molecule has 1 aromatic heterocycles. The lowest BCUT2D eigenvalue weighted by Crippen LogP contribution is -2.60. The van der Waals surface area contributed by atoms with Gasteiger partial charge in [-0.25, -0.2) is 0 Å². The number of anilines is 2. The van der Waals surface area contributed by atoms with E-state index in [9.17, 15) is 38.4 Å². The number of fused-ring (bicyclic) bond motifs is 10. The highest BCUT2D eigenvalue weighted by atomic mass is 16.5. The number of primary amides is 2. The number of H-pyrrole nitrogens is 1. The normalized spacial score (nSPS) is 20.9. The van der Waals surface area contributed by atoms with Crippen LogP contribution in [0.4, 0.5) is 11.4 Å². The first-order chi connectivity index (χ1) is 52.2. The van der Waals surface area contributed by atoms with Gasteiger partial charge < -0.3 is 107 Å². The number of nitrogens with two attached hydrogens (primary N) is 6. The second-order valence-electron chi connectivity index (χ2n) is 27.4. The van der Waals surface area contributed by atoms with E-state index in [4.69, 9.17) is 49.3 Å². The number of carbonyl (C=O) groups excluding carboxylic acids is 12. The molecule has 0 fully saturated rings. The van der Waals surface area contributed by atoms with Crippen molar-refractivity contribution >= 4 is 99.1 Å². The Balaban J connectivity index is 1.28. The summed E-state index contributed by atoms with van der Waals surface area (Å²) in [6, 6.07) is 16.4. The van der Waals surface area contributed by atoms with Crippen molar-refractivity contribution in [3.05, 3.63) is 143 Å². The van der Waals surface area contributed by atoms with Crippen molar-refractivity contribution in [2.75, 3.05) is 37.6 Å². The smallest absolute Gasteiger partial charge is 0.255 e. The number of aromatic nitrogens is 1. The first-order valence-electron chi connectivity index (χ1n) is 36.5. The van der Waals surface area contributed by atoms with E-state index in [-0.39, 0.29) is 179 Å². The molecule has 2 aliphatic heterocycles. The van der Waals surface area contributed by atoms with Crippen molar-refractivity contribution in [1.29, 1.82) is 5.41 Å². The number of nitrogens with one attached hydrogen (secondary N) is 13. The summed E-state index contributed by atoms with van der Waals surface area (Å²) in [4.78, 5) is 178. The van der Waals surface area contributed by atoms with E-state index in [0.717, 1.165) is 0 Å². The number of carbonyl (C=O) groups is 12. The maximum absolute atomic E-state index is 15.3. The Morgan fingerprint density at radius 1 is 0.532 bits per heavy atom. The molecular weight excluding hydrogens is 1400 g/mol. The van der Waals surface area contributed by atoms with Crippen molar-refractivity contribution in [3.63, 3.8) is 0 Å². The van der Waals surface area contributed by atoms with Crippen LogP contribution in [0, 0.1) is 11.3 Å². The molecule has 6 aromatic rings. The Bertz CT molecular complexity index is 4270. The summed E-state index contributed by atoms with van der Waals surface area (Å²) in [7, 11) is 0. The zero-order valence-electron chi connectivity index (χ0n) is 61.0. The fourth-order valence-electron chi connectivity index (χ4n) is 12.6. The summed E-state index contributed by atoms with van der Waals surface area (Å²) in [5.74, 6) is -11.4. The lowest BCUT2D eigenvalue weighted by atomic mass is 10.00. The van der Waals surface area contributed by atoms with Gasteiger partial charge >= 0.3 is 0 Å². The number of guanidine groups is 1. The minimum absolute atomic E-state index is 0.00948. The number of rotatable bonds is 18. The highest BCUT2D eigenvalue weighted by molar-refractivity contribution is 6.02. The molecule has 4 bridgehead atoms. The van der Waals surface area contributed by atoms with E-state index in [1.807, 2.05) is 12.1 Å². The molecule has 0 aliphatic carbocycles. The zero-order valence-corrected chi connectivity index (χ0v) is 61.0. The molecule has 25 N–H and O–H groups in total. The van der Waals surface area contributed by atoms with E-state index in [0.29, 0.717) is 28.5 Å². The van der Waals surface area contributed by atoms with Crippen molar-refractivity contribution in [2.24, 2.45) is 28.9 Å². The number of para-hydroxylation sites is 1. The van der Waals surface area contributed by atoms with Gasteiger partial charge in [0.1, 0.15) is 71.3 Å². The Morgan fingerprint density at radius 2 is 1.06 bits per heavy atom. The molecular formula is C76H99N19O14. The van der Waals surface area contributed by atoms with Crippen LogP contribution in [0.25, 0.3) is 10.9 Å². The average molecular weight is 1500 g/mol. The van der Waals surface area contributed by atoms with Crippen LogP contribution in [0.5, 0.6) is 23.0 Å². The summed E-state index contributed by atoms with van der Waals surface area (Å²) < 4.78 is 12.9. The van der Waals surface area contributed by atoms with Gasteiger partial charge in [-0.2, -0.15) is 0 Å². The van der Waals surface area contributed by atoms with Gasteiger partial charge in [0.2, 0.25) is 53.2 Å². The standard InChI is InChI=1S/C76H99N19O14/c1-42(2)33-59-73(105)91-55(20-8-11-29-77)70(102)94-60(34-43-15-4-3-5-16-43)74(106)92-56-21-10-13-31-85-68(100)52-39-47(79)24-27-63(52)109-49-36-44(66(98)89-58(72(104)93-59)25-28-64(80)96)35-48(40-49)108-62-26-23-46(78)38-51(62)67(99)84-30-12-9-19-54(65(81)97)88-75(107)61(37-45-41-87-53-18-7-6-17-50(45)53)95-71(103)57(90-69(56)101)22-14-32-86-76(82)83/h3-7,15-18,23-24,26-27,35-36,38-42,54-61,87H,8-14,19-22,25,28-34,37,77-79H2,1-2H3,(H2,80,96)(H2,81,97)(H,84,99)(H,85,100)(H,88,107)(H,89,98)(H,90,101)(H,91,105)(H,92,106)(H,93,104)(H,94,102)(H,95,103)(H4,82,83,86). The van der Waals surface area contributed by atoms with Gasteiger partial charge in [0.15, 0.2) is 5.96 Å². The maximum atomic E-state index is 15.3. The molecule has 33 heteroatoms.